The van der Waals surface area contributed by atoms with Crippen LogP contribution in [0.1, 0.15) is 44.7 Å². The highest BCUT2D eigenvalue weighted by atomic mass is 16.5. The van der Waals surface area contributed by atoms with Crippen molar-refractivity contribution in [1.29, 1.82) is 0 Å². The van der Waals surface area contributed by atoms with E-state index in [1.807, 2.05) is 0 Å². The number of benzene rings is 1. The molecule has 0 amide bonds. The fourth-order valence-corrected chi connectivity index (χ4v) is 2.56. The second kappa shape index (κ2) is 6.91. The zero-order valence-corrected chi connectivity index (χ0v) is 11.6. The molecule has 18 heavy (non-hydrogen) atoms. The van der Waals surface area contributed by atoms with Gasteiger partial charge in [0.1, 0.15) is 0 Å². The van der Waals surface area contributed by atoms with E-state index in [-0.39, 0.29) is 0 Å². The molecule has 3 atom stereocenters. The standard InChI is InChI=1S/C16H25NO/c1-3-4-10-18-16-11-15(17-12-13(16)2)14-8-6-5-7-9-14/h5-9,13,15-17H,3-4,10-12H2,1-2H3/t13-,15+,16+/m1/s1. The van der Waals surface area contributed by atoms with Crippen molar-refractivity contribution in [3.05, 3.63) is 35.9 Å². The molecule has 1 N–H and O–H groups in total. The van der Waals surface area contributed by atoms with Gasteiger partial charge in [0.15, 0.2) is 0 Å². The van der Waals surface area contributed by atoms with Gasteiger partial charge in [0.2, 0.25) is 0 Å². The summed E-state index contributed by atoms with van der Waals surface area (Å²) in [7, 11) is 0. The molecule has 1 saturated heterocycles. The van der Waals surface area contributed by atoms with Crippen LogP contribution < -0.4 is 5.32 Å². The fraction of sp³-hybridized carbons (Fsp3) is 0.625. The second-order valence-corrected chi connectivity index (χ2v) is 5.35. The van der Waals surface area contributed by atoms with Crippen LogP contribution >= 0.6 is 0 Å². The molecule has 0 saturated carbocycles. The van der Waals surface area contributed by atoms with Gasteiger partial charge in [0.25, 0.3) is 0 Å². The van der Waals surface area contributed by atoms with Crippen LogP contribution in [0.2, 0.25) is 0 Å². The number of rotatable bonds is 5. The Bertz CT molecular complexity index is 338. The summed E-state index contributed by atoms with van der Waals surface area (Å²) in [4.78, 5) is 0. The van der Waals surface area contributed by atoms with Crippen molar-refractivity contribution in [3.63, 3.8) is 0 Å². The molecule has 2 nitrogen and oxygen atoms in total. The molecule has 1 aromatic carbocycles. The molecule has 1 aliphatic heterocycles. The number of nitrogens with one attached hydrogen (secondary N) is 1. The van der Waals surface area contributed by atoms with E-state index in [1.165, 1.54) is 18.4 Å². The van der Waals surface area contributed by atoms with Gasteiger partial charge in [-0.05, 0) is 24.3 Å². The van der Waals surface area contributed by atoms with Crippen LogP contribution in [0.3, 0.4) is 0 Å². The van der Waals surface area contributed by atoms with Crippen LogP contribution in [-0.4, -0.2) is 19.3 Å². The highest BCUT2D eigenvalue weighted by Crippen LogP contribution is 2.27. The van der Waals surface area contributed by atoms with Gasteiger partial charge in [-0.2, -0.15) is 0 Å². The molecule has 0 spiro atoms. The van der Waals surface area contributed by atoms with E-state index >= 15 is 0 Å². The van der Waals surface area contributed by atoms with Crippen molar-refractivity contribution in [2.24, 2.45) is 5.92 Å². The number of hydrogen-bond donors (Lipinski definition) is 1. The molecular weight excluding hydrogens is 222 g/mol. The number of ether oxygens (including phenoxy) is 1. The zero-order valence-electron chi connectivity index (χ0n) is 11.6. The van der Waals surface area contributed by atoms with Crippen molar-refractivity contribution in [2.75, 3.05) is 13.2 Å². The minimum atomic E-state index is 0.406. The average molecular weight is 247 g/mol. The van der Waals surface area contributed by atoms with Gasteiger partial charge >= 0.3 is 0 Å². The Balaban J connectivity index is 1.91. The minimum absolute atomic E-state index is 0.406. The quantitative estimate of drug-likeness (QED) is 0.804. The van der Waals surface area contributed by atoms with Crippen molar-refractivity contribution < 1.29 is 4.74 Å². The second-order valence-electron chi connectivity index (χ2n) is 5.35. The van der Waals surface area contributed by atoms with E-state index < -0.39 is 0 Å². The van der Waals surface area contributed by atoms with E-state index in [1.54, 1.807) is 0 Å². The maximum atomic E-state index is 6.05. The van der Waals surface area contributed by atoms with Crippen LogP contribution in [0.25, 0.3) is 0 Å². The lowest BCUT2D eigenvalue weighted by Crippen LogP contribution is -2.42. The van der Waals surface area contributed by atoms with E-state index in [4.69, 9.17) is 4.74 Å². The number of hydrogen-bond acceptors (Lipinski definition) is 2. The largest absolute Gasteiger partial charge is 0.378 e. The predicted molar refractivity (Wildman–Crippen MR) is 75.6 cm³/mol. The van der Waals surface area contributed by atoms with Crippen molar-refractivity contribution in [1.82, 2.24) is 5.32 Å². The lowest BCUT2D eigenvalue weighted by molar-refractivity contribution is -0.0116. The first kappa shape index (κ1) is 13.6. The average Bonchev–Trinajstić information content (AvgIpc) is 2.42. The lowest BCUT2D eigenvalue weighted by Gasteiger charge is -2.35. The Hall–Kier alpha value is -0.860. The van der Waals surface area contributed by atoms with Crippen LogP contribution in [0.15, 0.2) is 30.3 Å². The van der Waals surface area contributed by atoms with Crippen molar-refractivity contribution in [2.45, 2.75) is 45.3 Å². The van der Waals surface area contributed by atoms with Gasteiger partial charge in [-0.15, -0.1) is 0 Å². The topological polar surface area (TPSA) is 21.3 Å². The third-order valence-electron chi connectivity index (χ3n) is 3.82. The van der Waals surface area contributed by atoms with Crippen LogP contribution in [0.5, 0.6) is 0 Å². The molecule has 0 aromatic heterocycles. The van der Waals surface area contributed by atoms with E-state index in [2.05, 4.69) is 49.5 Å². The smallest absolute Gasteiger partial charge is 0.0630 e. The van der Waals surface area contributed by atoms with Crippen LogP contribution in [0, 0.1) is 5.92 Å². The fourth-order valence-electron chi connectivity index (χ4n) is 2.56. The van der Waals surface area contributed by atoms with E-state index in [9.17, 15) is 0 Å². The number of unbranched alkanes of at least 4 members (excludes halogenated alkanes) is 1. The molecule has 0 radical (unpaired) electrons. The SMILES string of the molecule is CCCCO[C@H]1C[C@@H](c2ccccc2)NC[C@H]1C. The molecule has 0 bridgehead atoms. The van der Waals surface area contributed by atoms with Gasteiger partial charge < -0.3 is 10.1 Å². The van der Waals surface area contributed by atoms with Crippen molar-refractivity contribution in [3.8, 4) is 0 Å². The summed E-state index contributed by atoms with van der Waals surface area (Å²) in [6, 6.07) is 11.2. The first-order valence-corrected chi connectivity index (χ1v) is 7.21. The van der Waals surface area contributed by atoms with Gasteiger partial charge in [-0.1, -0.05) is 50.6 Å². The summed E-state index contributed by atoms with van der Waals surface area (Å²) in [5.41, 5.74) is 1.38. The third kappa shape index (κ3) is 3.56. The zero-order chi connectivity index (χ0) is 12.8. The summed E-state index contributed by atoms with van der Waals surface area (Å²) in [6.07, 6.45) is 3.88. The third-order valence-corrected chi connectivity index (χ3v) is 3.82. The summed E-state index contributed by atoms with van der Waals surface area (Å²) in [5.74, 6) is 0.613. The maximum Gasteiger partial charge on any atom is 0.0630 e. The van der Waals surface area contributed by atoms with Crippen molar-refractivity contribution >= 4 is 0 Å². The summed E-state index contributed by atoms with van der Waals surface area (Å²) in [5, 5.41) is 3.63. The molecule has 2 heteroatoms. The first-order chi connectivity index (χ1) is 8.81. The molecule has 1 heterocycles. The Morgan fingerprint density at radius 3 is 2.78 bits per heavy atom. The van der Waals surface area contributed by atoms with Gasteiger partial charge in [0, 0.05) is 19.2 Å². The molecule has 0 unspecified atom stereocenters. The summed E-state index contributed by atoms with van der Waals surface area (Å²) in [6.45, 7) is 6.45. The highest BCUT2D eigenvalue weighted by molar-refractivity contribution is 5.19. The van der Waals surface area contributed by atoms with Gasteiger partial charge in [0.05, 0.1) is 6.10 Å². The molecule has 1 aromatic rings. The van der Waals surface area contributed by atoms with Crippen LogP contribution in [-0.2, 0) is 4.74 Å². The summed E-state index contributed by atoms with van der Waals surface area (Å²) >= 11 is 0. The summed E-state index contributed by atoms with van der Waals surface area (Å²) < 4.78 is 6.05. The Labute approximate surface area is 111 Å². The van der Waals surface area contributed by atoms with Gasteiger partial charge in [-0.25, -0.2) is 0 Å². The molecule has 100 valence electrons. The normalized spacial score (nSPS) is 28.2. The Morgan fingerprint density at radius 1 is 1.28 bits per heavy atom. The Morgan fingerprint density at radius 2 is 2.06 bits per heavy atom. The highest BCUT2D eigenvalue weighted by Gasteiger charge is 2.28. The van der Waals surface area contributed by atoms with Crippen LogP contribution in [0.4, 0.5) is 0 Å². The maximum absolute atomic E-state index is 6.05. The van der Waals surface area contributed by atoms with E-state index in [0.717, 1.165) is 19.6 Å². The molecule has 1 aliphatic rings. The molecule has 1 fully saturated rings. The lowest BCUT2D eigenvalue weighted by atomic mass is 9.89. The molecule has 2 rings (SSSR count). The minimum Gasteiger partial charge on any atom is -0.378 e. The van der Waals surface area contributed by atoms with Gasteiger partial charge in [-0.3, -0.25) is 0 Å². The predicted octanol–water partition coefficient (Wildman–Crippen LogP) is 3.54. The number of piperidine rings is 1. The monoisotopic (exact) mass is 247 g/mol. The first-order valence-electron chi connectivity index (χ1n) is 7.21. The Kier molecular flexibility index (Phi) is 5.21. The molecular formula is C16H25NO. The van der Waals surface area contributed by atoms with E-state index in [0.29, 0.717) is 18.1 Å². The molecule has 0 aliphatic carbocycles.